The summed E-state index contributed by atoms with van der Waals surface area (Å²) in [6.07, 6.45) is 1.61. The van der Waals surface area contributed by atoms with E-state index in [9.17, 15) is 0 Å². The first kappa shape index (κ1) is 8.55. The second-order valence-electron chi connectivity index (χ2n) is 2.70. The van der Waals surface area contributed by atoms with E-state index in [1.165, 1.54) is 0 Å². The predicted octanol–water partition coefficient (Wildman–Crippen LogP) is 1.33. The molecule has 5 heteroatoms. The van der Waals surface area contributed by atoms with E-state index in [1.54, 1.807) is 31.5 Å². The van der Waals surface area contributed by atoms with Crippen molar-refractivity contribution in [2.45, 2.75) is 0 Å². The van der Waals surface area contributed by atoms with Gasteiger partial charge in [0, 0.05) is 6.07 Å². The second-order valence-corrected chi connectivity index (χ2v) is 2.70. The van der Waals surface area contributed by atoms with Crippen LogP contribution in [0, 0.1) is 0 Å². The number of aromatic nitrogens is 2. The Bertz CT molecular complexity index is 422. The molecule has 2 rings (SSSR count). The second kappa shape index (κ2) is 3.37. The topological polar surface area (TPSA) is 74.2 Å². The molecule has 0 fully saturated rings. The highest BCUT2D eigenvalue weighted by atomic mass is 16.5. The van der Waals surface area contributed by atoms with Gasteiger partial charge in [0.1, 0.15) is 11.4 Å². The minimum atomic E-state index is 0.345. The fourth-order valence-corrected chi connectivity index (χ4v) is 1.06. The molecule has 0 amide bonds. The molecule has 2 heterocycles. The van der Waals surface area contributed by atoms with Crippen LogP contribution in [0.5, 0.6) is 5.75 Å². The number of hydrogen-bond donors (Lipinski definition) is 1. The van der Waals surface area contributed by atoms with Gasteiger partial charge >= 0.3 is 0 Å². The van der Waals surface area contributed by atoms with Crippen molar-refractivity contribution in [3.63, 3.8) is 0 Å². The van der Waals surface area contributed by atoms with Gasteiger partial charge in [-0.1, -0.05) is 5.16 Å². The third-order valence-corrected chi connectivity index (χ3v) is 1.75. The van der Waals surface area contributed by atoms with Crippen LogP contribution < -0.4 is 10.5 Å². The van der Waals surface area contributed by atoms with Gasteiger partial charge in [-0.2, -0.15) is 0 Å². The summed E-state index contributed by atoms with van der Waals surface area (Å²) in [5.41, 5.74) is 6.09. The summed E-state index contributed by atoms with van der Waals surface area (Å²) in [6, 6.07) is 5.19. The average Bonchev–Trinajstić information content (AvgIpc) is 2.65. The molecular formula is C9H9N3O2. The molecule has 2 N–H and O–H groups in total. The molecule has 0 aromatic carbocycles. The number of methoxy groups -OCH3 is 1. The van der Waals surface area contributed by atoms with Gasteiger partial charge in [-0.15, -0.1) is 0 Å². The number of rotatable bonds is 2. The number of anilines is 1. The van der Waals surface area contributed by atoms with E-state index >= 15 is 0 Å². The Labute approximate surface area is 80.5 Å². The number of nitrogens with zero attached hydrogens (tertiary/aromatic N) is 2. The summed E-state index contributed by atoms with van der Waals surface area (Å²) in [6.45, 7) is 0. The molecule has 0 aliphatic carbocycles. The molecular weight excluding hydrogens is 182 g/mol. The lowest BCUT2D eigenvalue weighted by Gasteiger charge is -1.98. The Morgan fingerprint density at radius 1 is 1.43 bits per heavy atom. The van der Waals surface area contributed by atoms with E-state index in [1.807, 2.05) is 0 Å². The SMILES string of the molecule is COc1ccc(-c2cc(N)no2)nc1. The molecule has 0 spiro atoms. The lowest BCUT2D eigenvalue weighted by molar-refractivity contribution is 0.412. The standard InChI is InChI=1S/C9H9N3O2/c1-13-6-2-3-7(11-5-6)8-4-9(10)12-14-8/h2-5H,1H3,(H2,10,12). The lowest BCUT2D eigenvalue weighted by Crippen LogP contribution is -1.85. The summed E-state index contributed by atoms with van der Waals surface area (Å²) in [4.78, 5) is 4.12. The molecule has 0 atom stereocenters. The van der Waals surface area contributed by atoms with Crippen LogP contribution in [-0.2, 0) is 0 Å². The van der Waals surface area contributed by atoms with Crippen molar-refractivity contribution in [2.75, 3.05) is 12.8 Å². The number of hydrogen-bond acceptors (Lipinski definition) is 5. The average molecular weight is 191 g/mol. The molecule has 0 radical (unpaired) electrons. The van der Waals surface area contributed by atoms with E-state index in [0.717, 1.165) is 0 Å². The van der Waals surface area contributed by atoms with Crippen LogP contribution in [0.15, 0.2) is 28.9 Å². The fourth-order valence-electron chi connectivity index (χ4n) is 1.06. The van der Waals surface area contributed by atoms with Crippen LogP contribution in [0.4, 0.5) is 5.82 Å². The van der Waals surface area contributed by atoms with Gasteiger partial charge in [-0.3, -0.25) is 0 Å². The zero-order valence-corrected chi connectivity index (χ0v) is 7.60. The van der Waals surface area contributed by atoms with Crippen molar-refractivity contribution in [2.24, 2.45) is 0 Å². The van der Waals surface area contributed by atoms with Gasteiger partial charge in [0.25, 0.3) is 0 Å². The van der Waals surface area contributed by atoms with Crippen LogP contribution in [-0.4, -0.2) is 17.3 Å². The van der Waals surface area contributed by atoms with Gasteiger partial charge in [-0.25, -0.2) is 4.98 Å². The van der Waals surface area contributed by atoms with Crippen molar-refractivity contribution < 1.29 is 9.26 Å². The number of nitrogen functional groups attached to an aromatic ring is 1. The highest BCUT2D eigenvalue weighted by Crippen LogP contribution is 2.20. The minimum absolute atomic E-state index is 0.345. The molecule has 0 aliphatic heterocycles. The maximum absolute atomic E-state index is 5.41. The maximum Gasteiger partial charge on any atom is 0.187 e. The van der Waals surface area contributed by atoms with E-state index in [2.05, 4.69) is 10.1 Å². The molecule has 2 aromatic rings. The summed E-state index contributed by atoms with van der Waals surface area (Å²) in [5, 5.41) is 3.57. The normalized spacial score (nSPS) is 10.1. The van der Waals surface area contributed by atoms with E-state index < -0.39 is 0 Å². The molecule has 14 heavy (non-hydrogen) atoms. The Kier molecular flexibility index (Phi) is 2.06. The highest BCUT2D eigenvalue weighted by molar-refractivity contribution is 5.55. The summed E-state index contributed by atoms with van der Waals surface area (Å²) < 4.78 is 9.92. The van der Waals surface area contributed by atoms with Gasteiger partial charge < -0.3 is 15.0 Å². The summed E-state index contributed by atoms with van der Waals surface area (Å²) in [7, 11) is 1.59. The summed E-state index contributed by atoms with van der Waals surface area (Å²) in [5.74, 6) is 1.59. The van der Waals surface area contributed by atoms with E-state index in [4.69, 9.17) is 15.0 Å². The largest absolute Gasteiger partial charge is 0.495 e. The molecule has 0 unspecified atom stereocenters. The van der Waals surface area contributed by atoms with Crippen LogP contribution in [0.2, 0.25) is 0 Å². The molecule has 0 saturated carbocycles. The maximum atomic E-state index is 5.41. The smallest absolute Gasteiger partial charge is 0.187 e. The van der Waals surface area contributed by atoms with Crippen LogP contribution in [0.1, 0.15) is 0 Å². The predicted molar refractivity (Wildman–Crippen MR) is 50.7 cm³/mol. The van der Waals surface area contributed by atoms with Crippen LogP contribution in [0.3, 0.4) is 0 Å². The Morgan fingerprint density at radius 3 is 2.79 bits per heavy atom. The van der Waals surface area contributed by atoms with E-state index in [-0.39, 0.29) is 0 Å². The number of ether oxygens (including phenoxy) is 1. The zero-order valence-electron chi connectivity index (χ0n) is 7.60. The Morgan fingerprint density at radius 2 is 2.29 bits per heavy atom. The Balaban J connectivity index is 2.33. The minimum Gasteiger partial charge on any atom is -0.495 e. The highest BCUT2D eigenvalue weighted by Gasteiger charge is 2.05. The van der Waals surface area contributed by atoms with Gasteiger partial charge in [0.15, 0.2) is 11.6 Å². The summed E-state index contributed by atoms with van der Waals surface area (Å²) >= 11 is 0. The quantitative estimate of drug-likeness (QED) is 0.775. The first-order chi connectivity index (χ1) is 6.79. The van der Waals surface area contributed by atoms with Crippen molar-refractivity contribution in [1.82, 2.24) is 10.1 Å². The van der Waals surface area contributed by atoms with E-state index in [0.29, 0.717) is 23.0 Å². The monoisotopic (exact) mass is 191 g/mol. The molecule has 72 valence electrons. The number of pyridine rings is 1. The number of nitrogens with two attached hydrogens (primary N) is 1. The molecule has 0 aliphatic rings. The molecule has 0 saturated heterocycles. The third-order valence-electron chi connectivity index (χ3n) is 1.75. The Hall–Kier alpha value is -2.04. The zero-order chi connectivity index (χ0) is 9.97. The van der Waals surface area contributed by atoms with Gasteiger partial charge in [0.05, 0.1) is 13.3 Å². The molecule has 5 nitrogen and oxygen atoms in total. The first-order valence-corrected chi connectivity index (χ1v) is 4.02. The fraction of sp³-hybridized carbons (Fsp3) is 0.111. The van der Waals surface area contributed by atoms with Crippen molar-refractivity contribution >= 4 is 5.82 Å². The van der Waals surface area contributed by atoms with Crippen LogP contribution in [0.25, 0.3) is 11.5 Å². The van der Waals surface area contributed by atoms with Crippen molar-refractivity contribution in [1.29, 1.82) is 0 Å². The third kappa shape index (κ3) is 1.52. The molecule has 2 aromatic heterocycles. The van der Waals surface area contributed by atoms with Crippen molar-refractivity contribution in [3.05, 3.63) is 24.4 Å². The van der Waals surface area contributed by atoms with Gasteiger partial charge in [0.2, 0.25) is 0 Å². The first-order valence-electron chi connectivity index (χ1n) is 4.02. The van der Waals surface area contributed by atoms with Crippen LogP contribution >= 0.6 is 0 Å². The lowest BCUT2D eigenvalue weighted by atomic mass is 10.3. The van der Waals surface area contributed by atoms with Gasteiger partial charge in [-0.05, 0) is 12.1 Å². The molecule has 0 bridgehead atoms. The van der Waals surface area contributed by atoms with Crippen molar-refractivity contribution in [3.8, 4) is 17.2 Å².